The van der Waals surface area contributed by atoms with Gasteiger partial charge in [0.2, 0.25) is 16.0 Å². The molecule has 6 nitrogen and oxygen atoms in total. The summed E-state index contributed by atoms with van der Waals surface area (Å²) < 4.78 is 54.4. The topological polar surface area (TPSA) is 69.7 Å². The van der Waals surface area contributed by atoms with Crippen molar-refractivity contribution < 1.29 is 22.0 Å². The maximum Gasteiger partial charge on any atom is 0.320 e. The molecule has 0 radical (unpaired) electrons. The number of amides is 2. The Morgan fingerprint density at radius 1 is 1.06 bits per heavy atom. The number of hydrogen-bond donors (Lipinski definition) is 1. The van der Waals surface area contributed by atoms with Crippen molar-refractivity contribution in [2.24, 2.45) is 0 Å². The van der Waals surface area contributed by atoms with Crippen molar-refractivity contribution in [2.45, 2.75) is 31.3 Å². The molecule has 2 amide bonds. The molecule has 2 atom stereocenters. The van der Waals surface area contributed by atoms with E-state index in [4.69, 9.17) is 0 Å². The van der Waals surface area contributed by atoms with Crippen LogP contribution in [0.5, 0.6) is 0 Å². The maximum atomic E-state index is 15.4. The fourth-order valence-corrected chi connectivity index (χ4v) is 5.03. The van der Waals surface area contributed by atoms with Crippen LogP contribution in [0.4, 0.5) is 13.6 Å². The van der Waals surface area contributed by atoms with Gasteiger partial charge in [0.15, 0.2) is 0 Å². The van der Waals surface area contributed by atoms with Crippen LogP contribution in [0.3, 0.4) is 0 Å². The van der Waals surface area contributed by atoms with Gasteiger partial charge in [0.05, 0.1) is 6.04 Å². The Balaban J connectivity index is 1.64. The Bertz CT molecular complexity index is 1050. The number of sulfonamides is 1. The molecule has 1 N–H and O–H groups in total. The molecule has 2 aromatic rings. The van der Waals surface area contributed by atoms with E-state index >= 15 is 4.39 Å². The van der Waals surface area contributed by atoms with Gasteiger partial charge in [-0.3, -0.25) is 0 Å². The van der Waals surface area contributed by atoms with Crippen LogP contribution < -0.4 is 4.72 Å². The summed E-state index contributed by atoms with van der Waals surface area (Å²) >= 11 is 0. The van der Waals surface area contributed by atoms with Gasteiger partial charge in [0.1, 0.15) is 5.82 Å². The van der Waals surface area contributed by atoms with Crippen LogP contribution in [0.25, 0.3) is 11.1 Å². The van der Waals surface area contributed by atoms with Gasteiger partial charge in [-0.25, -0.2) is 26.7 Å². The SMILES string of the molecule is O=C(N1CCC1)N1CC[C@H](NS(=O)(=O)CF)[C@@H]1Cc1cccc(-c2ccccc2)c1F. The molecule has 0 bridgehead atoms. The minimum atomic E-state index is -4.11. The van der Waals surface area contributed by atoms with Crippen molar-refractivity contribution in [3.05, 3.63) is 59.9 Å². The minimum absolute atomic E-state index is 0.131. The summed E-state index contributed by atoms with van der Waals surface area (Å²) in [6, 6.07) is 11.2. The van der Waals surface area contributed by atoms with Crippen LogP contribution in [0.15, 0.2) is 48.5 Å². The number of rotatable bonds is 6. The van der Waals surface area contributed by atoms with E-state index in [1.165, 1.54) is 0 Å². The van der Waals surface area contributed by atoms with Crippen LogP contribution in [-0.4, -0.2) is 62.0 Å². The molecule has 166 valence electrons. The van der Waals surface area contributed by atoms with E-state index in [0.29, 0.717) is 37.2 Å². The fraction of sp³-hybridized carbons (Fsp3) is 0.409. The average molecular weight is 450 g/mol. The highest BCUT2D eigenvalue weighted by atomic mass is 32.2. The van der Waals surface area contributed by atoms with Gasteiger partial charge in [0.25, 0.3) is 0 Å². The quantitative estimate of drug-likeness (QED) is 0.737. The second-order valence-corrected chi connectivity index (χ2v) is 9.65. The number of likely N-dealkylation sites (tertiary alicyclic amines) is 2. The number of halogens is 2. The molecule has 0 spiro atoms. The molecule has 2 heterocycles. The predicted molar refractivity (Wildman–Crippen MR) is 114 cm³/mol. The molecule has 9 heteroatoms. The number of hydrogen-bond acceptors (Lipinski definition) is 3. The van der Waals surface area contributed by atoms with E-state index in [0.717, 1.165) is 12.0 Å². The highest BCUT2D eigenvalue weighted by Gasteiger charge is 2.41. The largest absolute Gasteiger partial charge is 0.325 e. The third kappa shape index (κ3) is 4.57. The molecular formula is C22H25F2N3O3S. The summed E-state index contributed by atoms with van der Waals surface area (Å²) in [4.78, 5) is 16.2. The van der Waals surface area contributed by atoms with Crippen molar-refractivity contribution >= 4 is 16.1 Å². The van der Waals surface area contributed by atoms with E-state index in [9.17, 15) is 17.6 Å². The predicted octanol–water partition coefficient (Wildman–Crippen LogP) is 3.15. The summed E-state index contributed by atoms with van der Waals surface area (Å²) in [7, 11) is -4.11. The van der Waals surface area contributed by atoms with Gasteiger partial charge in [-0.15, -0.1) is 0 Å². The molecule has 2 aliphatic heterocycles. The van der Waals surface area contributed by atoms with Crippen molar-refractivity contribution in [3.63, 3.8) is 0 Å². The van der Waals surface area contributed by atoms with Crippen LogP contribution in [0, 0.1) is 5.82 Å². The van der Waals surface area contributed by atoms with E-state index in [1.54, 1.807) is 28.0 Å². The molecule has 4 rings (SSSR count). The molecule has 2 aliphatic rings. The van der Waals surface area contributed by atoms with Crippen molar-refractivity contribution in [2.75, 3.05) is 25.6 Å². The molecule has 2 saturated heterocycles. The van der Waals surface area contributed by atoms with Crippen LogP contribution >= 0.6 is 0 Å². The lowest BCUT2D eigenvalue weighted by Crippen LogP contribution is -2.54. The highest BCUT2D eigenvalue weighted by molar-refractivity contribution is 7.89. The third-order valence-corrected chi connectivity index (χ3v) is 6.93. The van der Waals surface area contributed by atoms with Crippen molar-refractivity contribution in [1.29, 1.82) is 0 Å². The first-order chi connectivity index (χ1) is 14.9. The van der Waals surface area contributed by atoms with Crippen LogP contribution in [0.1, 0.15) is 18.4 Å². The van der Waals surface area contributed by atoms with Gasteiger partial charge < -0.3 is 9.80 Å². The summed E-state index contributed by atoms with van der Waals surface area (Å²) in [5.74, 6) is -0.399. The zero-order chi connectivity index (χ0) is 22.0. The van der Waals surface area contributed by atoms with Gasteiger partial charge in [-0.1, -0.05) is 48.5 Å². The molecule has 2 aromatic carbocycles. The second kappa shape index (κ2) is 8.92. The number of benzene rings is 2. The first-order valence-corrected chi connectivity index (χ1v) is 12.0. The Morgan fingerprint density at radius 2 is 1.81 bits per heavy atom. The molecule has 0 aliphatic carbocycles. The Labute approximate surface area is 180 Å². The van der Waals surface area contributed by atoms with Crippen molar-refractivity contribution in [3.8, 4) is 11.1 Å². The van der Waals surface area contributed by atoms with E-state index in [2.05, 4.69) is 4.72 Å². The smallest absolute Gasteiger partial charge is 0.320 e. The number of alkyl halides is 1. The standard InChI is InChI=1S/C22H25F2N3O3S/c23-15-31(29,30)25-19-10-13-27(22(28)26-11-5-12-26)20(19)14-17-8-4-9-18(21(17)24)16-6-2-1-3-7-16/h1-4,6-9,19-20,25H,5,10-15H2/t19-,20-/m0/s1. The Hall–Kier alpha value is -2.52. The molecule has 0 aromatic heterocycles. The lowest BCUT2D eigenvalue weighted by Gasteiger charge is -2.37. The summed E-state index contributed by atoms with van der Waals surface area (Å²) in [5, 5.41) is 0. The van der Waals surface area contributed by atoms with Crippen molar-refractivity contribution in [1.82, 2.24) is 14.5 Å². The lowest BCUT2D eigenvalue weighted by atomic mass is 9.96. The van der Waals surface area contributed by atoms with Crippen LogP contribution in [-0.2, 0) is 16.4 Å². The number of urea groups is 1. The zero-order valence-electron chi connectivity index (χ0n) is 17.0. The van der Waals surface area contributed by atoms with Gasteiger partial charge >= 0.3 is 6.03 Å². The van der Waals surface area contributed by atoms with Crippen LogP contribution in [0.2, 0.25) is 0 Å². The summed E-state index contributed by atoms with van der Waals surface area (Å²) in [6.07, 6.45) is 1.41. The maximum absolute atomic E-state index is 15.4. The summed E-state index contributed by atoms with van der Waals surface area (Å²) in [6.45, 7) is 1.64. The van der Waals surface area contributed by atoms with E-state index < -0.39 is 33.9 Å². The molecule has 0 unspecified atom stereocenters. The lowest BCUT2D eigenvalue weighted by molar-refractivity contribution is 0.120. The Kier molecular flexibility index (Phi) is 6.24. The second-order valence-electron chi connectivity index (χ2n) is 7.97. The average Bonchev–Trinajstić information content (AvgIpc) is 3.10. The highest BCUT2D eigenvalue weighted by Crippen LogP contribution is 2.30. The van der Waals surface area contributed by atoms with E-state index in [1.807, 2.05) is 30.3 Å². The zero-order valence-corrected chi connectivity index (χ0v) is 17.8. The molecular weight excluding hydrogens is 424 g/mol. The third-order valence-electron chi connectivity index (χ3n) is 5.99. The number of nitrogens with zero attached hydrogens (tertiary/aromatic N) is 2. The van der Waals surface area contributed by atoms with Gasteiger partial charge in [-0.05, 0) is 30.4 Å². The van der Waals surface area contributed by atoms with Gasteiger partial charge in [-0.2, -0.15) is 0 Å². The van der Waals surface area contributed by atoms with E-state index in [-0.39, 0.29) is 12.5 Å². The number of nitrogens with one attached hydrogen (secondary N) is 1. The Morgan fingerprint density at radius 3 is 2.45 bits per heavy atom. The summed E-state index contributed by atoms with van der Waals surface area (Å²) in [5.41, 5.74) is 1.56. The first kappa shape index (κ1) is 21.7. The molecule has 2 fully saturated rings. The minimum Gasteiger partial charge on any atom is -0.325 e. The van der Waals surface area contributed by atoms with Gasteiger partial charge in [0, 0.05) is 31.2 Å². The fourth-order valence-electron chi connectivity index (χ4n) is 4.24. The number of carbonyl (C=O) groups is 1. The normalized spacial score (nSPS) is 21.2. The monoisotopic (exact) mass is 449 g/mol. The first-order valence-electron chi connectivity index (χ1n) is 10.3. The molecule has 31 heavy (non-hydrogen) atoms. The molecule has 0 saturated carbocycles. The number of carbonyl (C=O) groups excluding carboxylic acids is 1.